The first-order chi connectivity index (χ1) is 12.6. The maximum atomic E-state index is 12.2. The van der Waals surface area contributed by atoms with Crippen molar-refractivity contribution >= 4 is 5.97 Å². The molecule has 1 aliphatic rings. The van der Waals surface area contributed by atoms with Gasteiger partial charge in [-0.1, -0.05) is 67.6 Å². The lowest BCUT2D eigenvalue weighted by atomic mass is 9.86. The lowest BCUT2D eigenvalue weighted by Crippen LogP contribution is -2.44. The van der Waals surface area contributed by atoms with Crippen molar-refractivity contribution < 1.29 is 14.6 Å². The van der Waals surface area contributed by atoms with E-state index in [2.05, 4.69) is 11.8 Å². The first kappa shape index (κ1) is 18.6. The van der Waals surface area contributed by atoms with Crippen molar-refractivity contribution in [1.29, 1.82) is 0 Å². The summed E-state index contributed by atoms with van der Waals surface area (Å²) in [5.41, 5.74) is 1.26. The van der Waals surface area contributed by atoms with Gasteiger partial charge in [-0.15, -0.1) is 0 Å². The Morgan fingerprint density at radius 1 is 1.19 bits per heavy atom. The van der Waals surface area contributed by atoms with E-state index in [4.69, 9.17) is 4.74 Å². The molecule has 0 aromatic heterocycles. The fraction of sp³-hybridized carbons (Fsp3) is 0.409. The molecule has 0 amide bonds. The number of esters is 1. The van der Waals surface area contributed by atoms with E-state index in [0.29, 0.717) is 13.0 Å². The third-order valence-corrected chi connectivity index (χ3v) is 5.43. The Balaban J connectivity index is 1.83. The van der Waals surface area contributed by atoms with Gasteiger partial charge < -0.3 is 9.84 Å². The van der Waals surface area contributed by atoms with Crippen LogP contribution in [0, 0.1) is 0 Å². The Labute approximate surface area is 155 Å². The topological polar surface area (TPSA) is 49.8 Å². The number of likely N-dealkylation sites (tertiary alicyclic amines) is 1. The Bertz CT molecular complexity index is 719. The number of benzene rings is 2. The number of carbonyl (C=O) groups excluding carboxylic acids is 1. The molecular formula is C22H27NO3. The Kier molecular flexibility index (Phi) is 5.74. The van der Waals surface area contributed by atoms with Gasteiger partial charge in [0.25, 0.3) is 0 Å². The molecule has 3 atom stereocenters. The minimum Gasteiger partial charge on any atom is -0.452 e. The summed E-state index contributed by atoms with van der Waals surface area (Å²) in [6, 6.07) is 19.6. The number of β-amino-alcohol motifs (C(OH)–C–C–N with tert-alkyl or cyclic N) is 1. The first-order valence-electron chi connectivity index (χ1n) is 9.31. The van der Waals surface area contributed by atoms with Gasteiger partial charge in [0.2, 0.25) is 0 Å². The number of hydrogen-bond donors (Lipinski definition) is 1. The number of carbonyl (C=O) groups is 1. The zero-order valence-corrected chi connectivity index (χ0v) is 15.5. The molecule has 1 saturated heterocycles. The van der Waals surface area contributed by atoms with E-state index in [1.165, 1.54) is 0 Å². The highest BCUT2D eigenvalue weighted by Crippen LogP contribution is 2.42. The molecule has 1 heterocycles. The summed E-state index contributed by atoms with van der Waals surface area (Å²) in [5.74, 6) is -0.189. The fourth-order valence-corrected chi connectivity index (χ4v) is 3.84. The van der Waals surface area contributed by atoms with Gasteiger partial charge in [-0.05, 0) is 18.1 Å². The van der Waals surface area contributed by atoms with Crippen LogP contribution in [-0.2, 0) is 15.1 Å². The lowest BCUT2D eigenvalue weighted by molar-refractivity contribution is -0.163. The quantitative estimate of drug-likeness (QED) is 0.805. The van der Waals surface area contributed by atoms with Crippen LogP contribution >= 0.6 is 0 Å². The SMILES string of the molecule is CCC(=O)OC1(c2ccccc2)CCN(CC(O)c2ccccc2)C1C. The van der Waals surface area contributed by atoms with E-state index in [0.717, 1.165) is 24.1 Å². The monoisotopic (exact) mass is 353 g/mol. The number of ether oxygens (including phenoxy) is 1. The first-order valence-corrected chi connectivity index (χ1v) is 9.31. The maximum absolute atomic E-state index is 12.2. The molecule has 3 unspecified atom stereocenters. The predicted octanol–water partition coefficient (Wildman–Crippen LogP) is 3.66. The molecule has 2 aromatic rings. The molecule has 0 spiro atoms. The van der Waals surface area contributed by atoms with Crippen LogP contribution in [0.5, 0.6) is 0 Å². The van der Waals surface area contributed by atoms with Crippen LogP contribution in [0.15, 0.2) is 60.7 Å². The zero-order valence-electron chi connectivity index (χ0n) is 15.5. The van der Waals surface area contributed by atoms with Crippen molar-refractivity contribution in [3.63, 3.8) is 0 Å². The molecule has 0 bridgehead atoms. The molecule has 0 radical (unpaired) electrons. The number of aliphatic hydroxyl groups excluding tert-OH is 1. The van der Waals surface area contributed by atoms with Crippen molar-refractivity contribution in [1.82, 2.24) is 4.90 Å². The largest absolute Gasteiger partial charge is 0.452 e. The van der Waals surface area contributed by atoms with E-state index < -0.39 is 11.7 Å². The van der Waals surface area contributed by atoms with Gasteiger partial charge in [-0.3, -0.25) is 9.69 Å². The van der Waals surface area contributed by atoms with Crippen molar-refractivity contribution in [3.05, 3.63) is 71.8 Å². The molecule has 3 rings (SSSR count). The van der Waals surface area contributed by atoms with E-state index in [-0.39, 0.29) is 12.0 Å². The predicted molar refractivity (Wildman–Crippen MR) is 102 cm³/mol. The van der Waals surface area contributed by atoms with E-state index in [1.54, 1.807) is 0 Å². The minimum absolute atomic E-state index is 0.0150. The van der Waals surface area contributed by atoms with Gasteiger partial charge in [-0.25, -0.2) is 0 Å². The second kappa shape index (κ2) is 8.02. The van der Waals surface area contributed by atoms with E-state index in [9.17, 15) is 9.90 Å². The molecule has 4 nitrogen and oxygen atoms in total. The van der Waals surface area contributed by atoms with Crippen LogP contribution in [0.3, 0.4) is 0 Å². The minimum atomic E-state index is -0.662. The number of aliphatic hydroxyl groups is 1. The number of rotatable bonds is 6. The van der Waals surface area contributed by atoms with Crippen molar-refractivity contribution in [2.45, 2.75) is 44.4 Å². The van der Waals surface area contributed by atoms with Crippen molar-refractivity contribution in [2.75, 3.05) is 13.1 Å². The molecule has 0 saturated carbocycles. The second-order valence-electron chi connectivity index (χ2n) is 6.93. The van der Waals surface area contributed by atoms with E-state index in [1.807, 2.05) is 67.6 Å². The van der Waals surface area contributed by atoms with Crippen molar-refractivity contribution in [2.24, 2.45) is 0 Å². The third-order valence-electron chi connectivity index (χ3n) is 5.43. The van der Waals surface area contributed by atoms with Crippen molar-refractivity contribution in [3.8, 4) is 0 Å². The Morgan fingerprint density at radius 3 is 2.42 bits per heavy atom. The summed E-state index contributed by atoms with van der Waals surface area (Å²) in [5, 5.41) is 10.6. The average Bonchev–Trinajstić information content (AvgIpc) is 3.00. The van der Waals surface area contributed by atoms with Gasteiger partial charge in [0.1, 0.15) is 0 Å². The number of nitrogens with zero attached hydrogens (tertiary/aromatic N) is 1. The molecule has 0 aliphatic carbocycles. The highest BCUT2D eigenvalue weighted by molar-refractivity contribution is 5.70. The summed E-state index contributed by atoms with van der Waals surface area (Å²) in [7, 11) is 0. The number of hydrogen-bond acceptors (Lipinski definition) is 4. The summed E-state index contributed by atoms with van der Waals surface area (Å²) < 4.78 is 6.00. The smallest absolute Gasteiger partial charge is 0.306 e. The molecule has 26 heavy (non-hydrogen) atoms. The molecule has 1 aliphatic heterocycles. The fourth-order valence-electron chi connectivity index (χ4n) is 3.84. The molecule has 138 valence electrons. The van der Waals surface area contributed by atoms with Crippen LogP contribution < -0.4 is 0 Å². The Morgan fingerprint density at radius 2 is 1.81 bits per heavy atom. The van der Waals surface area contributed by atoms with Crippen LogP contribution in [0.1, 0.15) is 43.9 Å². The second-order valence-corrected chi connectivity index (χ2v) is 6.93. The standard InChI is InChI=1S/C22H27NO3/c1-3-21(25)26-22(19-12-8-5-9-13-19)14-15-23(17(22)2)16-20(24)18-10-6-4-7-11-18/h4-13,17,20,24H,3,14-16H2,1-2H3. The van der Waals surface area contributed by atoms with Gasteiger partial charge >= 0.3 is 5.97 Å². The highest BCUT2D eigenvalue weighted by Gasteiger charge is 2.49. The zero-order chi connectivity index (χ0) is 18.6. The summed E-state index contributed by atoms with van der Waals surface area (Å²) in [4.78, 5) is 14.4. The molecule has 1 N–H and O–H groups in total. The van der Waals surface area contributed by atoms with Crippen LogP contribution in [0.2, 0.25) is 0 Å². The average molecular weight is 353 g/mol. The lowest BCUT2D eigenvalue weighted by Gasteiger charge is -2.36. The van der Waals surface area contributed by atoms with Gasteiger partial charge in [0.15, 0.2) is 5.60 Å². The van der Waals surface area contributed by atoms with Crippen LogP contribution in [0.25, 0.3) is 0 Å². The van der Waals surface area contributed by atoms with Gasteiger partial charge in [0.05, 0.1) is 12.1 Å². The molecular weight excluding hydrogens is 326 g/mol. The Hall–Kier alpha value is -2.17. The van der Waals surface area contributed by atoms with Crippen LogP contribution in [0.4, 0.5) is 0 Å². The molecule has 4 heteroatoms. The molecule has 1 fully saturated rings. The normalized spacial score (nSPS) is 24.3. The summed E-state index contributed by atoms with van der Waals surface area (Å²) in [6.07, 6.45) is 0.520. The maximum Gasteiger partial charge on any atom is 0.306 e. The summed E-state index contributed by atoms with van der Waals surface area (Å²) >= 11 is 0. The molecule has 2 aromatic carbocycles. The summed E-state index contributed by atoms with van der Waals surface area (Å²) in [6.45, 7) is 5.19. The van der Waals surface area contributed by atoms with Crippen LogP contribution in [-0.4, -0.2) is 35.1 Å². The van der Waals surface area contributed by atoms with Gasteiger partial charge in [0, 0.05) is 25.9 Å². The van der Waals surface area contributed by atoms with E-state index >= 15 is 0 Å². The highest BCUT2D eigenvalue weighted by atomic mass is 16.6. The third kappa shape index (κ3) is 3.67. The van der Waals surface area contributed by atoms with Gasteiger partial charge in [-0.2, -0.15) is 0 Å².